The normalized spacial score (nSPS) is 10.4. The van der Waals surface area contributed by atoms with Crippen molar-refractivity contribution in [3.05, 3.63) is 39.9 Å². The summed E-state index contributed by atoms with van der Waals surface area (Å²) in [5.74, 6) is 0.671. The molecule has 84 valence electrons. The molecule has 0 radical (unpaired) electrons. The van der Waals surface area contributed by atoms with Gasteiger partial charge in [-0.25, -0.2) is 4.98 Å². The van der Waals surface area contributed by atoms with Gasteiger partial charge in [-0.15, -0.1) is 0 Å². The summed E-state index contributed by atoms with van der Waals surface area (Å²) in [7, 11) is 0. The number of ether oxygens (including phenoxy) is 1. The van der Waals surface area contributed by atoms with Crippen LogP contribution >= 0.6 is 22.9 Å². The average molecular weight is 255 g/mol. The van der Waals surface area contributed by atoms with Crippen LogP contribution in [0.15, 0.2) is 23.6 Å². The van der Waals surface area contributed by atoms with Crippen LogP contribution in [0.5, 0.6) is 10.9 Å². The minimum absolute atomic E-state index is 0.347. The van der Waals surface area contributed by atoms with Gasteiger partial charge in [0.25, 0.3) is 5.19 Å². The van der Waals surface area contributed by atoms with Gasteiger partial charge in [0.2, 0.25) is 0 Å². The van der Waals surface area contributed by atoms with E-state index >= 15 is 0 Å². The molecule has 0 aliphatic carbocycles. The van der Waals surface area contributed by atoms with Crippen molar-refractivity contribution in [3.63, 3.8) is 0 Å². The van der Waals surface area contributed by atoms with Gasteiger partial charge < -0.3 is 10.5 Å². The Morgan fingerprint density at radius 1 is 1.50 bits per heavy atom. The van der Waals surface area contributed by atoms with Crippen LogP contribution in [0.25, 0.3) is 0 Å². The SMILES string of the molecule is Cc1csc(Oc2cccc(Cl)c2CN)n1. The molecular weight excluding hydrogens is 244 g/mol. The summed E-state index contributed by atoms with van der Waals surface area (Å²) in [6.07, 6.45) is 0. The second kappa shape index (κ2) is 4.82. The van der Waals surface area contributed by atoms with Crippen molar-refractivity contribution < 1.29 is 4.74 Å². The second-order valence-corrected chi connectivity index (χ2v) is 4.51. The fourth-order valence-electron chi connectivity index (χ4n) is 1.31. The molecule has 3 nitrogen and oxygen atoms in total. The summed E-state index contributed by atoms with van der Waals surface area (Å²) in [5.41, 5.74) is 7.37. The number of hydrogen-bond donors (Lipinski definition) is 1. The molecule has 2 aromatic rings. The Hall–Kier alpha value is -1.10. The lowest BCUT2D eigenvalue weighted by molar-refractivity contribution is 0.472. The number of thiazole rings is 1. The Labute approximate surface area is 103 Å². The Bertz CT molecular complexity index is 498. The van der Waals surface area contributed by atoms with Crippen LogP contribution in [0.1, 0.15) is 11.3 Å². The standard InChI is InChI=1S/C11H11ClN2OS/c1-7-6-16-11(14-7)15-10-4-2-3-9(12)8(10)5-13/h2-4,6H,5,13H2,1H3. The van der Waals surface area contributed by atoms with E-state index in [0.29, 0.717) is 22.5 Å². The molecule has 2 rings (SSSR count). The van der Waals surface area contributed by atoms with Gasteiger partial charge in [-0.2, -0.15) is 0 Å². The summed E-state index contributed by atoms with van der Waals surface area (Å²) < 4.78 is 5.64. The van der Waals surface area contributed by atoms with Crippen molar-refractivity contribution in [2.24, 2.45) is 5.73 Å². The van der Waals surface area contributed by atoms with Crippen molar-refractivity contribution in [3.8, 4) is 10.9 Å². The van der Waals surface area contributed by atoms with Crippen LogP contribution in [-0.2, 0) is 6.54 Å². The van der Waals surface area contributed by atoms with Crippen LogP contribution in [0.4, 0.5) is 0 Å². The van der Waals surface area contributed by atoms with Crippen LogP contribution in [0.3, 0.4) is 0 Å². The van der Waals surface area contributed by atoms with Crippen LogP contribution in [0, 0.1) is 6.92 Å². The molecule has 0 bridgehead atoms. The third-order valence-electron chi connectivity index (χ3n) is 2.08. The highest BCUT2D eigenvalue weighted by Gasteiger charge is 2.09. The lowest BCUT2D eigenvalue weighted by Crippen LogP contribution is -2.00. The average Bonchev–Trinajstić information content (AvgIpc) is 2.64. The van der Waals surface area contributed by atoms with E-state index in [0.717, 1.165) is 11.3 Å². The number of aryl methyl sites for hydroxylation is 1. The summed E-state index contributed by atoms with van der Waals surface area (Å²) in [6, 6.07) is 5.46. The van der Waals surface area contributed by atoms with E-state index in [1.165, 1.54) is 11.3 Å². The molecule has 0 aliphatic rings. The van der Waals surface area contributed by atoms with Gasteiger partial charge in [0.05, 0.1) is 5.69 Å². The van der Waals surface area contributed by atoms with E-state index in [2.05, 4.69) is 4.98 Å². The highest BCUT2D eigenvalue weighted by Crippen LogP contribution is 2.31. The molecule has 5 heteroatoms. The number of benzene rings is 1. The largest absolute Gasteiger partial charge is 0.430 e. The fraction of sp³-hybridized carbons (Fsp3) is 0.182. The molecule has 16 heavy (non-hydrogen) atoms. The highest BCUT2D eigenvalue weighted by molar-refractivity contribution is 7.11. The van der Waals surface area contributed by atoms with Crippen LogP contribution < -0.4 is 10.5 Å². The summed E-state index contributed by atoms with van der Waals surface area (Å²) in [4.78, 5) is 4.22. The molecule has 1 heterocycles. The molecule has 0 amide bonds. The third-order valence-corrected chi connectivity index (χ3v) is 3.26. The second-order valence-electron chi connectivity index (χ2n) is 3.28. The van der Waals surface area contributed by atoms with Gasteiger partial charge in [-0.3, -0.25) is 0 Å². The Balaban J connectivity index is 2.30. The van der Waals surface area contributed by atoms with Crippen LogP contribution in [-0.4, -0.2) is 4.98 Å². The lowest BCUT2D eigenvalue weighted by atomic mass is 10.2. The van der Waals surface area contributed by atoms with E-state index in [9.17, 15) is 0 Å². The van der Waals surface area contributed by atoms with E-state index in [4.69, 9.17) is 22.1 Å². The number of halogens is 1. The zero-order valence-electron chi connectivity index (χ0n) is 8.74. The first-order valence-electron chi connectivity index (χ1n) is 4.78. The summed E-state index contributed by atoms with van der Waals surface area (Å²) >= 11 is 7.48. The summed E-state index contributed by atoms with van der Waals surface area (Å²) in [5, 5.41) is 3.16. The van der Waals surface area contributed by atoms with Crippen molar-refractivity contribution in [2.45, 2.75) is 13.5 Å². The number of aromatic nitrogens is 1. The minimum Gasteiger partial charge on any atom is -0.430 e. The molecule has 0 saturated carbocycles. The molecule has 2 N–H and O–H groups in total. The Morgan fingerprint density at radius 2 is 2.31 bits per heavy atom. The third kappa shape index (κ3) is 2.35. The summed E-state index contributed by atoms with van der Waals surface area (Å²) in [6.45, 7) is 2.27. The van der Waals surface area contributed by atoms with Gasteiger partial charge in [0.1, 0.15) is 5.75 Å². The molecule has 0 unspecified atom stereocenters. The molecular formula is C11H11ClN2OS. The van der Waals surface area contributed by atoms with Gasteiger partial charge in [0, 0.05) is 22.5 Å². The molecule has 1 aromatic carbocycles. The van der Waals surface area contributed by atoms with Gasteiger partial charge in [-0.1, -0.05) is 29.0 Å². The quantitative estimate of drug-likeness (QED) is 0.914. The van der Waals surface area contributed by atoms with Gasteiger partial charge in [0.15, 0.2) is 0 Å². The predicted molar refractivity (Wildman–Crippen MR) is 66.3 cm³/mol. The maximum atomic E-state index is 6.02. The first-order valence-corrected chi connectivity index (χ1v) is 6.04. The number of nitrogens with two attached hydrogens (primary N) is 1. The maximum absolute atomic E-state index is 6.02. The van der Waals surface area contributed by atoms with E-state index < -0.39 is 0 Å². The number of nitrogens with zero attached hydrogens (tertiary/aromatic N) is 1. The van der Waals surface area contributed by atoms with Crippen molar-refractivity contribution in [2.75, 3.05) is 0 Å². The van der Waals surface area contributed by atoms with E-state index in [1.807, 2.05) is 24.4 Å². The first-order chi connectivity index (χ1) is 7.70. The van der Waals surface area contributed by atoms with Gasteiger partial charge >= 0.3 is 0 Å². The van der Waals surface area contributed by atoms with E-state index in [1.54, 1.807) is 6.07 Å². The molecule has 0 spiro atoms. The van der Waals surface area contributed by atoms with Crippen molar-refractivity contribution in [1.82, 2.24) is 4.98 Å². The fourth-order valence-corrected chi connectivity index (χ4v) is 2.21. The first kappa shape index (κ1) is 11.4. The van der Waals surface area contributed by atoms with Crippen molar-refractivity contribution >= 4 is 22.9 Å². The Kier molecular flexibility index (Phi) is 3.43. The smallest absolute Gasteiger partial charge is 0.278 e. The zero-order valence-corrected chi connectivity index (χ0v) is 10.3. The lowest BCUT2D eigenvalue weighted by Gasteiger charge is -2.08. The topological polar surface area (TPSA) is 48.1 Å². The maximum Gasteiger partial charge on any atom is 0.278 e. The minimum atomic E-state index is 0.347. The zero-order chi connectivity index (χ0) is 11.5. The predicted octanol–water partition coefficient (Wildman–Crippen LogP) is 3.36. The number of rotatable bonds is 3. The molecule has 1 aromatic heterocycles. The van der Waals surface area contributed by atoms with E-state index in [-0.39, 0.29) is 0 Å². The van der Waals surface area contributed by atoms with Crippen LogP contribution in [0.2, 0.25) is 5.02 Å². The number of hydrogen-bond acceptors (Lipinski definition) is 4. The highest BCUT2D eigenvalue weighted by atomic mass is 35.5. The van der Waals surface area contributed by atoms with Crippen molar-refractivity contribution in [1.29, 1.82) is 0 Å². The van der Waals surface area contributed by atoms with Gasteiger partial charge in [-0.05, 0) is 19.1 Å². The molecule has 0 saturated heterocycles. The Morgan fingerprint density at radius 3 is 2.94 bits per heavy atom. The molecule has 0 fully saturated rings. The molecule has 0 aliphatic heterocycles. The molecule has 0 atom stereocenters. The monoisotopic (exact) mass is 254 g/mol.